The molecule has 0 aliphatic carbocycles. The summed E-state index contributed by atoms with van der Waals surface area (Å²) in [6.07, 6.45) is 2.99. The molecule has 1 atom stereocenters. The largest absolute Gasteiger partial charge is 0.379 e. The predicted octanol–water partition coefficient (Wildman–Crippen LogP) is 0.531. The third-order valence-corrected chi connectivity index (χ3v) is 2.36. The Bertz CT molecular complexity index is 153. The molecule has 1 aliphatic rings. The molecule has 76 valence electrons. The quantitative estimate of drug-likeness (QED) is 0.467. The van der Waals surface area contributed by atoms with Crippen molar-refractivity contribution in [1.82, 2.24) is 10.6 Å². The summed E-state index contributed by atoms with van der Waals surface area (Å²) in [6.45, 7) is 10.5. The molecule has 0 radical (unpaired) electrons. The summed E-state index contributed by atoms with van der Waals surface area (Å²) in [4.78, 5) is 0. The van der Waals surface area contributed by atoms with Crippen molar-refractivity contribution < 1.29 is 4.74 Å². The van der Waals surface area contributed by atoms with Crippen LogP contribution in [0.5, 0.6) is 0 Å². The van der Waals surface area contributed by atoms with E-state index in [1.54, 1.807) is 0 Å². The molecule has 0 amide bonds. The molecule has 1 heterocycles. The van der Waals surface area contributed by atoms with Gasteiger partial charge in [-0.1, -0.05) is 6.08 Å². The van der Waals surface area contributed by atoms with Gasteiger partial charge < -0.3 is 15.4 Å². The Morgan fingerprint density at radius 2 is 2.38 bits per heavy atom. The minimum atomic E-state index is 0.204. The Morgan fingerprint density at radius 1 is 1.54 bits per heavy atom. The van der Waals surface area contributed by atoms with E-state index in [-0.39, 0.29) is 5.54 Å². The van der Waals surface area contributed by atoms with Gasteiger partial charge in [-0.3, -0.25) is 0 Å². The maximum Gasteiger partial charge on any atom is 0.0646 e. The molecule has 1 unspecified atom stereocenters. The first-order valence-corrected chi connectivity index (χ1v) is 4.91. The Labute approximate surface area is 80.5 Å². The van der Waals surface area contributed by atoms with Crippen LogP contribution in [0.25, 0.3) is 0 Å². The second-order valence-corrected chi connectivity index (χ2v) is 3.78. The van der Waals surface area contributed by atoms with E-state index in [1.165, 1.54) is 0 Å². The van der Waals surface area contributed by atoms with E-state index < -0.39 is 0 Å². The van der Waals surface area contributed by atoms with Crippen molar-refractivity contribution in [3.8, 4) is 0 Å². The number of nitrogens with one attached hydrogen (secondary N) is 2. The van der Waals surface area contributed by atoms with Crippen molar-refractivity contribution in [3.05, 3.63) is 12.7 Å². The Morgan fingerprint density at radius 3 is 3.00 bits per heavy atom. The van der Waals surface area contributed by atoms with Crippen LogP contribution in [0.1, 0.15) is 13.3 Å². The highest BCUT2D eigenvalue weighted by Crippen LogP contribution is 2.16. The molecule has 0 bridgehead atoms. The lowest BCUT2D eigenvalue weighted by Gasteiger charge is -2.23. The normalized spacial score (nSPS) is 27.8. The summed E-state index contributed by atoms with van der Waals surface area (Å²) >= 11 is 0. The molecule has 1 saturated heterocycles. The zero-order valence-electron chi connectivity index (χ0n) is 8.44. The zero-order valence-corrected chi connectivity index (χ0v) is 8.44. The van der Waals surface area contributed by atoms with Crippen LogP contribution >= 0.6 is 0 Å². The summed E-state index contributed by atoms with van der Waals surface area (Å²) in [5.41, 5.74) is 0.204. The van der Waals surface area contributed by atoms with Gasteiger partial charge in [0.15, 0.2) is 0 Å². The van der Waals surface area contributed by atoms with Crippen LogP contribution in [-0.4, -0.2) is 38.4 Å². The van der Waals surface area contributed by atoms with Crippen LogP contribution in [0.3, 0.4) is 0 Å². The van der Waals surface area contributed by atoms with Gasteiger partial charge in [-0.25, -0.2) is 0 Å². The van der Waals surface area contributed by atoms with E-state index in [4.69, 9.17) is 4.74 Å². The average molecular weight is 184 g/mol. The van der Waals surface area contributed by atoms with Gasteiger partial charge in [0.2, 0.25) is 0 Å². The topological polar surface area (TPSA) is 33.3 Å². The SMILES string of the molecule is C=CCNCCNC1(C)CCOC1. The number of ether oxygens (including phenoxy) is 1. The fraction of sp³-hybridized carbons (Fsp3) is 0.800. The van der Waals surface area contributed by atoms with Gasteiger partial charge in [-0.15, -0.1) is 6.58 Å². The van der Waals surface area contributed by atoms with Gasteiger partial charge in [-0.2, -0.15) is 0 Å². The van der Waals surface area contributed by atoms with Gasteiger partial charge in [0, 0.05) is 31.8 Å². The first-order valence-electron chi connectivity index (χ1n) is 4.91. The first kappa shape index (κ1) is 10.7. The van der Waals surface area contributed by atoms with Crippen molar-refractivity contribution in [3.63, 3.8) is 0 Å². The van der Waals surface area contributed by atoms with E-state index in [0.717, 1.165) is 39.3 Å². The molecule has 3 heteroatoms. The molecule has 2 N–H and O–H groups in total. The minimum absolute atomic E-state index is 0.204. The molecule has 3 nitrogen and oxygen atoms in total. The summed E-state index contributed by atoms with van der Waals surface area (Å²) < 4.78 is 5.34. The highest BCUT2D eigenvalue weighted by molar-refractivity contribution is 4.86. The Hall–Kier alpha value is -0.380. The molecule has 13 heavy (non-hydrogen) atoms. The summed E-state index contributed by atoms with van der Waals surface area (Å²) in [7, 11) is 0. The molecule has 1 rings (SSSR count). The maximum absolute atomic E-state index is 5.34. The number of hydrogen-bond donors (Lipinski definition) is 2. The van der Waals surface area contributed by atoms with Crippen LogP contribution in [0.2, 0.25) is 0 Å². The third-order valence-electron chi connectivity index (χ3n) is 2.36. The van der Waals surface area contributed by atoms with E-state index in [1.807, 2.05) is 6.08 Å². The fourth-order valence-corrected chi connectivity index (χ4v) is 1.46. The van der Waals surface area contributed by atoms with Crippen LogP contribution in [0.15, 0.2) is 12.7 Å². The molecule has 1 aliphatic heterocycles. The zero-order chi connectivity index (χ0) is 9.57. The molecular formula is C10H20N2O. The van der Waals surface area contributed by atoms with Crippen molar-refractivity contribution >= 4 is 0 Å². The lowest BCUT2D eigenvalue weighted by atomic mass is 10.0. The van der Waals surface area contributed by atoms with Gasteiger partial charge in [-0.05, 0) is 13.3 Å². The lowest BCUT2D eigenvalue weighted by Crippen LogP contribution is -2.45. The second-order valence-electron chi connectivity index (χ2n) is 3.78. The predicted molar refractivity (Wildman–Crippen MR) is 54.9 cm³/mol. The van der Waals surface area contributed by atoms with Crippen LogP contribution in [-0.2, 0) is 4.74 Å². The van der Waals surface area contributed by atoms with Crippen molar-refractivity contribution in [1.29, 1.82) is 0 Å². The van der Waals surface area contributed by atoms with Gasteiger partial charge in [0.05, 0.1) is 6.61 Å². The highest BCUT2D eigenvalue weighted by atomic mass is 16.5. The first-order chi connectivity index (χ1) is 6.27. The summed E-state index contributed by atoms with van der Waals surface area (Å²) in [6, 6.07) is 0. The molecule has 0 spiro atoms. The van der Waals surface area contributed by atoms with Crippen molar-refractivity contribution in [2.45, 2.75) is 18.9 Å². The standard InChI is InChI=1S/C10H20N2O/c1-3-5-11-6-7-12-10(2)4-8-13-9-10/h3,11-12H,1,4-9H2,2H3. The van der Waals surface area contributed by atoms with E-state index in [2.05, 4.69) is 24.1 Å². The second kappa shape index (κ2) is 5.37. The maximum atomic E-state index is 5.34. The van der Waals surface area contributed by atoms with Gasteiger partial charge in [0.1, 0.15) is 0 Å². The highest BCUT2D eigenvalue weighted by Gasteiger charge is 2.28. The van der Waals surface area contributed by atoms with E-state index in [0.29, 0.717) is 0 Å². The van der Waals surface area contributed by atoms with E-state index in [9.17, 15) is 0 Å². The Kier molecular flexibility index (Phi) is 4.42. The number of hydrogen-bond acceptors (Lipinski definition) is 3. The third kappa shape index (κ3) is 3.89. The van der Waals surface area contributed by atoms with Gasteiger partial charge in [0.25, 0.3) is 0 Å². The lowest BCUT2D eigenvalue weighted by molar-refractivity contribution is 0.172. The average Bonchev–Trinajstić information content (AvgIpc) is 2.53. The Balaban J connectivity index is 2.01. The molecule has 0 aromatic carbocycles. The summed E-state index contributed by atoms with van der Waals surface area (Å²) in [5.74, 6) is 0. The minimum Gasteiger partial charge on any atom is -0.379 e. The molecule has 1 fully saturated rings. The number of rotatable bonds is 6. The molecule has 0 aromatic rings. The molecular weight excluding hydrogens is 164 g/mol. The van der Waals surface area contributed by atoms with Gasteiger partial charge >= 0.3 is 0 Å². The van der Waals surface area contributed by atoms with Crippen LogP contribution in [0.4, 0.5) is 0 Å². The van der Waals surface area contributed by atoms with E-state index >= 15 is 0 Å². The monoisotopic (exact) mass is 184 g/mol. The molecule has 0 saturated carbocycles. The summed E-state index contributed by atoms with van der Waals surface area (Å²) in [5, 5.41) is 6.75. The fourth-order valence-electron chi connectivity index (χ4n) is 1.46. The van der Waals surface area contributed by atoms with Crippen molar-refractivity contribution in [2.75, 3.05) is 32.8 Å². The molecule has 0 aromatic heterocycles. The smallest absolute Gasteiger partial charge is 0.0646 e. The van der Waals surface area contributed by atoms with Crippen molar-refractivity contribution in [2.24, 2.45) is 0 Å². The van der Waals surface area contributed by atoms with Crippen LogP contribution < -0.4 is 10.6 Å². The van der Waals surface area contributed by atoms with Crippen LogP contribution in [0, 0.1) is 0 Å².